The van der Waals surface area contributed by atoms with E-state index in [2.05, 4.69) is 5.32 Å². The van der Waals surface area contributed by atoms with Gasteiger partial charge in [0.1, 0.15) is 5.75 Å². The molecule has 3 aromatic rings. The lowest BCUT2D eigenvalue weighted by Crippen LogP contribution is -2.31. The molecule has 0 atom stereocenters. The van der Waals surface area contributed by atoms with Gasteiger partial charge in [0.2, 0.25) is 0 Å². The van der Waals surface area contributed by atoms with Crippen LogP contribution in [0.2, 0.25) is 0 Å². The minimum atomic E-state index is -0.576. The Morgan fingerprint density at radius 2 is 1.69 bits per heavy atom. The third-order valence-corrected chi connectivity index (χ3v) is 5.13. The predicted molar refractivity (Wildman–Crippen MR) is 113 cm³/mol. The highest BCUT2D eigenvalue weighted by atomic mass is 32.1. The number of carbonyl (C=O) groups excluding carboxylic acids is 2. The fourth-order valence-electron chi connectivity index (χ4n) is 2.76. The van der Waals surface area contributed by atoms with Crippen LogP contribution in [0, 0.1) is 0 Å². The third kappa shape index (κ3) is 7.08. The van der Waals surface area contributed by atoms with Crippen molar-refractivity contribution in [3.63, 3.8) is 0 Å². The zero-order valence-electron chi connectivity index (χ0n) is 16.0. The quantitative estimate of drug-likeness (QED) is 0.520. The van der Waals surface area contributed by atoms with Crippen LogP contribution in [0.25, 0.3) is 0 Å². The van der Waals surface area contributed by atoms with Crippen molar-refractivity contribution in [3.8, 4) is 5.75 Å². The maximum Gasteiger partial charge on any atom is 0.344 e. The van der Waals surface area contributed by atoms with Crippen molar-refractivity contribution in [2.45, 2.75) is 12.8 Å². The Hall–Kier alpha value is -3.12. The molecule has 0 fully saturated rings. The molecule has 1 amide bonds. The fourth-order valence-corrected chi connectivity index (χ4v) is 3.47. The van der Waals surface area contributed by atoms with E-state index in [4.69, 9.17) is 9.47 Å². The lowest BCUT2D eigenvalue weighted by atomic mass is 10.0. The van der Waals surface area contributed by atoms with Crippen LogP contribution < -0.4 is 10.1 Å². The number of hydrogen-bond donors (Lipinski definition) is 1. The lowest BCUT2D eigenvalue weighted by molar-refractivity contribution is -0.150. The summed E-state index contributed by atoms with van der Waals surface area (Å²) in [4.78, 5) is 24.9. The van der Waals surface area contributed by atoms with Crippen LogP contribution in [0.5, 0.6) is 5.75 Å². The lowest BCUT2D eigenvalue weighted by Gasteiger charge is -2.11. The molecular weight excluding hydrogens is 386 g/mol. The molecule has 0 saturated carbocycles. The summed E-state index contributed by atoms with van der Waals surface area (Å²) < 4.78 is 10.6. The van der Waals surface area contributed by atoms with E-state index in [-0.39, 0.29) is 19.1 Å². The Bertz CT molecular complexity index is 910. The normalized spacial score (nSPS) is 10.3. The van der Waals surface area contributed by atoms with E-state index in [9.17, 15) is 9.59 Å². The molecule has 0 radical (unpaired) electrons. The summed E-state index contributed by atoms with van der Waals surface area (Å²) in [7, 11) is 0. The first-order chi connectivity index (χ1) is 14.2. The second-order valence-corrected chi connectivity index (χ2v) is 7.43. The van der Waals surface area contributed by atoms with Gasteiger partial charge in [-0.3, -0.25) is 4.79 Å². The molecule has 29 heavy (non-hydrogen) atoms. The van der Waals surface area contributed by atoms with Gasteiger partial charge in [-0.15, -0.1) is 11.3 Å². The minimum Gasteiger partial charge on any atom is -0.482 e. The van der Waals surface area contributed by atoms with E-state index < -0.39 is 5.97 Å². The van der Waals surface area contributed by atoms with Gasteiger partial charge in [0.15, 0.2) is 13.2 Å². The van der Waals surface area contributed by atoms with Crippen molar-refractivity contribution >= 4 is 23.2 Å². The highest BCUT2D eigenvalue weighted by Gasteiger charge is 2.10. The molecule has 0 aliphatic rings. The standard InChI is InChI=1S/C23H23NO4S/c25-22(24-13-12-20-10-6-14-29-20)16-28-23(26)17-27-21-11-5-4-9-19(21)15-18-7-2-1-3-8-18/h1-11,14H,12-13,15-17H2,(H,24,25). The largest absolute Gasteiger partial charge is 0.482 e. The molecule has 0 bridgehead atoms. The number of esters is 1. The number of nitrogens with one attached hydrogen (secondary N) is 1. The molecule has 0 unspecified atom stereocenters. The van der Waals surface area contributed by atoms with E-state index >= 15 is 0 Å². The molecule has 3 rings (SSSR count). The van der Waals surface area contributed by atoms with Crippen LogP contribution in [-0.2, 0) is 27.2 Å². The fraction of sp³-hybridized carbons (Fsp3) is 0.217. The summed E-state index contributed by atoms with van der Waals surface area (Å²) in [6.07, 6.45) is 1.47. The number of para-hydroxylation sites is 1. The smallest absolute Gasteiger partial charge is 0.344 e. The topological polar surface area (TPSA) is 64.6 Å². The minimum absolute atomic E-state index is 0.242. The van der Waals surface area contributed by atoms with Crippen LogP contribution in [-0.4, -0.2) is 31.6 Å². The van der Waals surface area contributed by atoms with Gasteiger partial charge in [-0.05, 0) is 35.1 Å². The van der Waals surface area contributed by atoms with Crippen molar-refractivity contribution in [3.05, 3.63) is 88.1 Å². The molecule has 0 aliphatic heterocycles. The van der Waals surface area contributed by atoms with Crippen molar-refractivity contribution in [2.24, 2.45) is 0 Å². The highest BCUT2D eigenvalue weighted by molar-refractivity contribution is 7.09. The van der Waals surface area contributed by atoms with Crippen LogP contribution in [0.4, 0.5) is 0 Å². The number of amides is 1. The molecule has 2 aromatic carbocycles. The molecule has 5 nitrogen and oxygen atoms in total. The van der Waals surface area contributed by atoms with Crippen molar-refractivity contribution < 1.29 is 19.1 Å². The monoisotopic (exact) mass is 409 g/mol. The second kappa shape index (κ2) is 11.0. The van der Waals surface area contributed by atoms with Crippen LogP contribution in [0.1, 0.15) is 16.0 Å². The molecule has 6 heteroatoms. The van der Waals surface area contributed by atoms with Gasteiger partial charge in [0, 0.05) is 17.8 Å². The molecule has 0 spiro atoms. The summed E-state index contributed by atoms with van der Waals surface area (Å²) in [5.74, 6) is -0.263. The van der Waals surface area contributed by atoms with Crippen LogP contribution in [0.3, 0.4) is 0 Å². The molecule has 150 valence electrons. The van der Waals surface area contributed by atoms with Crippen molar-refractivity contribution in [1.82, 2.24) is 5.32 Å². The number of rotatable bonds is 10. The van der Waals surface area contributed by atoms with Crippen molar-refractivity contribution in [1.29, 1.82) is 0 Å². The molecule has 0 saturated heterocycles. The maximum absolute atomic E-state index is 11.9. The van der Waals surface area contributed by atoms with E-state index in [0.29, 0.717) is 18.7 Å². The molecule has 1 aromatic heterocycles. The first kappa shape index (κ1) is 20.6. The Morgan fingerprint density at radius 3 is 2.48 bits per heavy atom. The SMILES string of the molecule is O=C(COC(=O)COc1ccccc1Cc1ccccc1)NCCc1cccs1. The molecule has 1 N–H and O–H groups in total. The third-order valence-electron chi connectivity index (χ3n) is 4.19. The van der Waals surface area contributed by atoms with Gasteiger partial charge in [-0.2, -0.15) is 0 Å². The number of carbonyl (C=O) groups is 2. The summed E-state index contributed by atoms with van der Waals surface area (Å²) >= 11 is 1.65. The Kier molecular flexibility index (Phi) is 7.83. The summed E-state index contributed by atoms with van der Waals surface area (Å²) in [6.45, 7) is -0.0349. The van der Waals surface area contributed by atoms with Crippen LogP contribution in [0.15, 0.2) is 72.1 Å². The first-order valence-corrected chi connectivity index (χ1v) is 10.3. The zero-order chi connectivity index (χ0) is 20.3. The van der Waals surface area contributed by atoms with E-state index in [1.165, 1.54) is 4.88 Å². The van der Waals surface area contributed by atoms with Crippen LogP contribution >= 0.6 is 11.3 Å². The summed E-state index contributed by atoms with van der Waals surface area (Å²) in [5.41, 5.74) is 2.14. The van der Waals surface area contributed by atoms with E-state index in [0.717, 1.165) is 17.5 Å². The van der Waals surface area contributed by atoms with Gasteiger partial charge in [0.25, 0.3) is 5.91 Å². The Morgan fingerprint density at radius 1 is 0.897 bits per heavy atom. The zero-order valence-corrected chi connectivity index (χ0v) is 16.8. The number of ether oxygens (including phenoxy) is 2. The summed E-state index contributed by atoms with van der Waals surface area (Å²) in [6, 6.07) is 21.6. The van der Waals surface area contributed by atoms with Gasteiger partial charge >= 0.3 is 5.97 Å². The molecule has 0 aliphatic carbocycles. The number of thiophene rings is 1. The number of hydrogen-bond acceptors (Lipinski definition) is 5. The Labute approximate surface area is 174 Å². The maximum atomic E-state index is 11.9. The first-order valence-electron chi connectivity index (χ1n) is 9.40. The van der Waals surface area contributed by atoms with E-state index in [1.807, 2.05) is 72.1 Å². The van der Waals surface area contributed by atoms with E-state index in [1.54, 1.807) is 11.3 Å². The molecule has 1 heterocycles. The van der Waals surface area contributed by atoms with Gasteiger partial charge in [-0.1, -0.05) is 54.6 Å². The second-order valence-electron chi connectivity index (χ2n) is 6.40. The Balaban J connectivity index is 1.39. The number of benzene rings is 2. The highest BCUT2D eigenvalue weighted by Crippen LogP contribution is 2.21. The van der Waals surface area contributed by atoms with Gasteiger partial charge < -0.3 is 14.8 Å². The summed E-state index contributed by atoms with van der Waals surface area (Å²) in [5, 5.41) is 4.73. The average molecular weight is 410 g/mol. The predicted octanol–water partition coefficient (Wildman–Crippen LogP) is 3.62. The van der Waals surface area contributed by atoms with Gasteiger partial charge in [0.05, 0.1) is 0 Å². The van der Waals surface area contributed by atoms with Gasteiger partial charge in [-0.25, -0.2) is 4.79 Å². The average Bonchev–Trinajstić information content (AvgIpc) is 3.26. The van der Waals surface area contributed by atoms with Crippen molar-refractivity contribution in [2.75, 3.05) is 19.8 Å². The molecular formula is C23H23NO4S.